The van der Waals surface area contributed by atoms with E-state index in [4.69, 9.17) is 14.9 Å². The minimum absolute atomic E-state index is 0.0277. The molecule has 0 radical (unpaired) electrons. The number of hydrogen-bond donors (Lipinski definition) is 3. The van der Waals surface area contributed by atoms with Gasteiger partial charge in [-0.2, -0.15) is 5.10 Å². The van der Waals surface area contributed by atoms with Crippen molar-refractivity contribution in [1.29, 1.82) is 0 Å². The Hall–Kier alpha value is -4.72. The third-order valence-corrected chi connectivity index (χ3v) is 4.42. The first-order valence-corrected chi connectivity index (χ1v) is 10.6. The van der Waals surface area contributed by atoms with Gasteiger partial charge in [0.15, 0.2) is 0 Å². The fourth-order valence-corrected chi connectivity index (χ4v) is 2.84. The first-order chi connectivity index (χ1) is 16.7. The molecule has 4 aromatic rings. The average Bonchev–Trinajstić information content (AvgIpc) is 3.35. The summed E-state index contributed by atoms with van der Waals surface area (Å²) >= 11 is 0. The molecule has 8 nitrogen and oxygen atoms in total. The van der Waals surface area contributed by atoms with Crippen molar-refractivity contribution >= 4 is 17.7 Å². The Kier molecular flexibility index (Phi) is 9.93. The summed E-state index contributed by atoms with van der Waals surface area (Å²) in [6, 6.07) is 23.7. The highest BCUT2D eigenvalue weighted by Crippen LogP contribution is 2.24. The van der Waals surface area contributed by atoms with Gasteiger partial charge in [0.2, 0.25) is 0 Å². The number of benzene rings is 3. The maximum atomic E-state index is 10.6. The molecule has 180 valence electrons. The van der Waals surface area contributed by atoms with E-state index in [0.29, 0.717) is 0 Å². The molecular weight excluding hydrogens is 448 g/mol. The second-order valence-corrected chi connectivity index (χ2v) is 7.40. The molecule has 4 rings (SSSR count). The van der Waals surface area contributed by atoms with Crippen molar-refractivity contribution in [2.24, 2.45) is 0 Å². The van der Waals surface area contributed by atoms with E-state index in [2.05, 4.69) is 10.2 Å². The van der Waals surface area contributed by atoms with Gasteiger partial charge in [0.05, 0.1) is 16.8 Å². The van der Waals surface area contributed by atoms with E-state index in [0.717, 1.165) is 22.8 Å². The summed E-state index contributed by atoms with van der Waals surface area (Å²) in [5, 5.41) is 24.3. The number of carbonyl (C=O) groups is 3. The van der Waals surface area contributed by atoms with Crippen LogP contribution in [-0.4, -0.2) is 38.1 Å². The Balaban J connectivity index is 0.000000224. The lowest BCUT2D eigenvalue weighted by molar-refractivity contribution is -0.115. The summed E-state index contributed by atoms with van der Waals surface area (Å²) in [5.74, 6) is -0.397. The van der Waals surface area contributed by atoms with E-state index in [-0.39, 0.29) is 22.5 Å². The number of ether oxygens (including phenoxy) is 1. The zero-order valence-corrected chi connectivity index (χ0v) is 19.6. The molecule has 8 heteroatoms. The molecule has 0 saturated heterocycles. The molecule has 0 saturated carbocycles. The monoisotopic (exact) mass is 474 g/mol. The van der Waals surface area contributed by atoms with Crippen molar-refractivity contribution in [1.82, 2.24) is 10.2 Å². The summed E-state index contributed by atoms with van der Waals surface area (Å²) in [5.41, 5.74) is 2.33. The van der Waals surface area contributed by atoms with Crippen molar-refractivity contribution in [2.75, 3.05) is 0 Å². The average molecular weight is 475 g/mol. The number of ketones is 1. The number of Topliss-reactive ketones (excluding diaryl/α,β-unsaturated/α-hetero) is 1. The first kappa shape index (κ1) is 26.5. The predicted molar refractivity (Wildman–Crippen MR) is 132 cm³/mol. The van der Waals surface area contributed by atoms with Crippen LogP contribution >= 0.6 is 0 Å². The molecule has 0 atom stereocenters. The number of carboxylic acids is 2. The van der Waals surface area contributed by atoms with Crippen LogP contribution in [0.15, 0.2) is 85.1 Å². The van der Waals surface area contributed by atoms with Crippen molar-refractivity contribution in [3.8, 4) is 22.8 Å². The molecular formula is C27H26N2O6. The van der Waals surface area contributed by atoms with Gasteiger partial charge in [0.25, 0.3) is 0 Å². The van der Waals surface area contributed by atoms with Crippen molar-refractivity contribution in [3.63, 3.8) is 0 Å². The van der Waals surface area contributed by atoms with E-state index in [1.807, 2.05) is 66.9 Å². The Bertz CT molecular complexity index is 1210. The van der Waals surface area contributed by atoms with Crippen LogP contribution in [0.5, 0.6) is 11.5 Å². The van der Waals surface area contributed by atoms with Crippen LogP contribution < -0.4 is 4.74 Å². The van der Waals surface area contributed by atoms with Crippen LogP contribution in [0.4, 0.5) is 0 Å². The SMILES string of the molecule is CC(C)=O.Cc1c(C(=O)O)cccc1C(=O)O.c1ccc(Oc2ccc(-c3cc[nH]n3)cc2)cc1. The highest BCUT2D eigenvalue weighted by atomic mass is 16.5. The third kappa shape index (κ3) is 8.62. The summed E-state index contributed by atoms with van der Waals surface area (Å²) in [6.45, 7) is 4.53. The smallest absolute Gasteiger partial charge is 0.335 e. The molecule has 0 spiro atoms. The minimum atomic E-state index is -1.11. The van der Waals surface area contributed by atoms with Gasteiger partial charge in [-0.3, -0.25) is 5.10 Å². The quantitative estimate of drug-likeness (QED) is 0.330. The minimum Gasteiger partial charge on any atom is -0.478 e. The lowest BCUT2D eigenvalue weighted by Crippen LogP contribution is -2.06. The normalized spacial score (nSPS) is 9.57. The largest absolute Gasteiger partial charge is 0.478 e. The summed E-state index contributed by atoms with van der Waals surface area (Å²) in [6.07, 6.45) is 1.81. The van der Waals surface area contributed by atoms with Gasteiger partial charge in [0.1, 0.15) is 17.3 Å². The molecule has 1 aromatic heterocycles. The molecule has 3 N–H and O–H groups in total. The molecule has 0 bridgehead atoms. The van der Waals surface area contributed by atoms with E-state index < -0.39 is 11.9 Å². The number of aromatic carboxylic acids is 2. The second kappa shape index (κ2) is 13.1. The number of aromatic amines is 1. The summed E-state index contributed by atoms with van der Waals surface area (Å²) in [7, 11) is 0. The highest BCUT2D eigenvalue weighted by molar-refractivity contribution is 5.96. The molecule has 0 aliphatic rings. The maximum Gasteiger partial charge on any atom is 0.335 e. The van der Waals surface area contributed by atoms with Gasteiger partial charge in [-0.25, -0.2) is 9.59 Å². The molecule has 0 aliphatic heterocycles. The Morgan fingerprint density at radius 1 is 0.743 bits per heavy atom. The molecule has 0 unspecified atom stereocenters. The maximum absolute atomic E-state index is 10.6. The van der Waals surface area contributed by atoms with E-state index in [9.17, 15) is 14.4 Å². The van der Waals surface area contributed by atoms with E-state index in [1.54, 1.807) is 0 Å². The van der Waals surface area contributed by atoms with Crippen LogP contribution in [-0.2, 0) is 4.79 Å². The highest BCUT2D eigenvalue weighted by Gasteiger charge is 2.13. The van der Waals surface area contributed by atoms with Crippen molar-refractivity contribution < 1.29 is 29.3 Å². The number of carbonyl (C=O) groups excluding carboxylic acids is 1. The first-order valence-electron chi connectivity index (χ1n) is 10.6. The topological polar surface area (TPSA) is 130 Å². The van der Waals surface area contributed by atoms with Gasteiger partial charge < -0.3 is 19.7 Å². The van der Waals surface area contributed by atoms with Crippen molar-refractivity contribution in [3.05, 3.63) is 102 Å². The molecule has 3 aromatic carbocycles. The lowest BCUT2D eigenvalue weighted by Gasteiger charge is -2.05. The fourth-order valence-electron chi connectivity index (χ4n) is 2.84. The number of carboxylic acid groups (broad SMARTS) is 2. The van der Waals surface area contributed by atoms with Crippen LogP contribution in [0.3, 0.4) is 0 Å². The van der Waals surface area contributed by atoms with Crippen LogP contribution in [0.1, 0.15) is 40.1 Å². The fraction of sp³-hybridized carbons (Fsp3) is 0.111. The standard InChI is InChI=1S/C15H12N2O.C9H8O4.C3H6O/c1-2-4-13(5-3-1)18-14-8-6-12(7-9-14)15-10-11-16-17-15;1-5-6(8(10)11)3-2-4-7(5)9(12)13;1-3(2)4/h1-11H,(H,16,17);2-4H,1H3,(H,10,11)(H,12,13);1-2H3. The Morgan fingerprint density at radius 2 is 1.26 bits per heavy atom. The zero-order chi connectivity index (χ0) is 25.8. The lowest BCUT2D eigenvalue weighted by atomic mass is 10.0. The van der Waals surface area contributed by atoms with Crippen LogP contribution in [0, 0.1) is 6.92 Å². The number of rotatable bonds is 5. The Morgan fingerprint density at radius 3 is 1.71 bits per heavy atom. The summed E-state index contributed by atoms with van der Waals surface area (Å²) in [4.78, 5) is 30.7. The van der Waals surface area contributed by atoms with Crippen molar-refractivity contribution in [2.45, 2.75) is 20.8 Å². The number of nitrogens with zero attached hydrogens (tertiary/aromatic N) is 1. The summed E-state index contributed by atoms with van der Waals surface area (Å²) < 4.78 is 5.72. The van der Waals surface area contributed by atoms with Gasteiger partial charge in [-0.1, -0.05) is 24.3 Å². The number of nitrogens with one attached hydrogen (secondary N) is 1. The van der Waals surface area contributed by atoms with Gasteiger partial charge in [-0.05, 0) is 80.9 Å². The molecule has 0 fully saturated rings. The van der Waals surface area contributed by atoms with Gasteiger partial charge >= 0.3 is 11.9 Å². The number of para-hydroxylation sites is 1. The third-order valence-electron chi connectivity index (χ3n) is 4.42. The molecule has 0 aliphatic carbocycles. The second-order valence-electron chi connectivity index (χ2n) is 7.40. The number of H-pyrrole nitrogens is 1. The predicted octanol–water partition coefficient (Wildman–Crippen LogP) is 5.86. The van der Waals surface area contributed by atoms with E-state index >= 15 is 0 Å². The van der Waals surface area contributed by atoms with E-state index in [1.165, 1.54) is 39.0 Å². The Labute approximate surface area is 202 Å². The number of aromatic nitrogens is 2. The zero-order valence-electron chi connectivity index (χ0n) is 19.6. The van der Waals surface area contributed by atoms with Gasteiger partial charge in [0, 0.05) is 11.8 Å². The number of hydrogen-bond acceptors (Lipinski definition) is 5. The van der Waals surface area contributed by atoms with Crippen LogP contribution in [0.25, 0.3) is 11.3 Å². The van der Waals surface area contributed by atoms with Gasteiger partial charge in [-0.15, -0.1) is 0 Å². The van der Waals surface area contributed by atoms with Crippen LogP contribution in [0.2, 0.25) is 0 Å². The molecule has 1 heterocycles. The molecule has 0 amide bonds. The molecule has 35 heavy (non-hydrogen) atoms.